The maximum Gasteiger partial charge on any atom is 0.138 e. The molecule has 2 aromatic rings. The van der Waals surface area contributed by atoms with Crippen LogP contribution < -0.4 is 10.1 Å². The Labute approximate surface area is 119 Å². The van der Waals surface area contributed by atoms with E-state index in [9.17, 15) is 0 Å². The second kappa shape index (κ2) is 6.32. The van der Waals surface area contributed by atoms with Gasteiger partial charge in [0.25, 0.3) is 0 Å². The number of ether oxygens (including phenoxy) is 1. The molecule has 0 saturated heterocycles. The second-order valence-electron chi connectivity index (χ2n) is 4.74. The molecule has 5 nitrogen and oxygen atoms in total. The molecule has 2 aromatic heterocycles. The van der Waals surface area contributed by atoms with Gasteiger partial charge in [0.2, 0.25) is 0 Å². The molecule has 20 heavy (non-hydrogen) atoms. The minimum absolute atomic E-state index is 0.269. The number of aromatic nitrogens is 3. The van der Waals surface area contributed by atoms with Gasteiger partial charge < -0.3 is 10.1 Å². The molecule has 0 saturated carbocycles. The molecule has 0 unspecified atom stereocenters. The van der Waals surface area contributed by atoms with Crippen LogP contribution in [-0.4, -0.2) is 28.6 Å². The Balaban J connectivity index is 2.45. The lowest BCUT2D eigenvalue weighted by molar-refractivity contribution is 0.339. The lowest BCUT2D eigenvalue weighted by atomic mass is 10.1. The summed E-state index contributed by atoms with van der Waals surface area (Å²) in [7, 11) is 1.85. The van der Waals surface area contributed by atoms with Crippen LogP contribution in [-0.2, 0) is 0 Å². The Kier molecular flexibility index (Phi) is 4.50. The van der Waals surface area contributed by atoms with Crippen molar-refractivity contribution in [1.82, 2.24) is 15.0 Å². The third-order valence-electron chi connectivity index (χ3n) is 2.84. The SMILES string of the molecule is CCOc1cncc(-c2cc(NC)nc(C(C)C)n2)c1. The lowest BCUT2D eigenvalue weighted by Gasteiger charge is -2.10. The Morgan fingerprint density at radius 3 is 2.65 bits per heavy atom. The largest absolute Gasteiger partial charge is 0.492 e. The topological polar surface area (TPSA) is 59.9 Å². The van der Waals surface area contributed by atoms with Crippen molar-refractivity contribution >= 4 is 5.82 Å². The molecule has 2 rings (SSSR count). The van der Waals surface area contributed by atoms with Crippen LogP contribution in [0.15, 0.2) is 24.5 Å². The molecule has 2 heterocycles. The molecule has 0 fully saturated rings. The van der Waals surface area contributed by atoms with Gasteiger partial charge in [-0.05, 0) is 13.0 Å². The van der Waals surface area contributed by atoms with Crippen molar-refractivity contribution in [3.05, 3.63) is 30.4 Å². The van der Waals surface area contributed by atoms with Crippen molar-refractivity contribution in [1.29, 1.82) is 0 Å². The van der Waals surface area contributed by atoms with E-state index in [0.717, 1.165) is 28.6 Å². The second-order valence-corrected chi connectivity index (χ2v) is 4.74. The molecule has 0 aliphatic heterocycles. The molecule has 0 amide bonds. The zero-order valence-corrected chi connectivity index (χ0v) is 12.3. The summed E-state index contributed by atoms with van der Waals surface area (Å²) in [5.41, 5.74) is 1.78. The molecule has 0 aliphatic carbocycles. The Hall–Kier alpha value is -2.17. The Morgan fingerprint density at radius 2 is 2.00 bits per heavy atom. The third kappa shape index (κ3) is 3.23. The van der Waals surface area contributed by atoms with E-state index >= 15 is 0 Å². The molecule has 0 spiro atoms. The highest BCUT2D eigenvalue weighted by atomic mass is 16.5. The fraction of sp³-hybridized carbons (Fsp3) is 0.400. The van der Waals surface area contributed by atoms with Crippen LogP contribution in [0.3, 0.4) is 0 Å². The minimum atomic E-state index is 0.269. The van der Waals surface area contributed by atoms with Crippen LogP contribution in [0.2, 0.25) is 0 Å². The quantitative estimate of drug-likeness (QED) is 0.906. The number of hydrogen-bond donors (Lipinski definition) is 1. The summed E-state index contributed by atoms with van der Waals surface area (Å²) in [4.78, 5) is 13.3. The summed E-state index contributed by atoms with van der Waals surface area (Å²) in [6, 6.07) is 3.86. The van der Waals surface area contributed by atoms with E-state index in [4.69, 9.17) is 4.74 Å². The van der Waals surface area contributed by atoms with Gasteiger partial charge in [-0.3, -0.25) is 4.98 Å². The summed E-state index contributed by atoms with van der Waals surface area (Å²) in [5.74, 6) is 2.64. The molecule has 1 N–H and O–H groups in total. The van der Waals surface area contributed by atoms with Crippen LogP contribution >= 0.6 is 0 Å². The first-order valence-electron chi connectivity index (χ1n) is 6.79. The number of anilines is 1. The average molecular weight is 272 g/mol. The maximum atomic E-state index is 5.48. The first-order valence-corrected chi connectivity index (χ1v) is 6.79. The minimum Gasteiger partial charge on any atom is -0.492 e. The number of nitrogens with one attached hydrogen (secondary N) is 1. The molecular formula is C15H20N4O. The van der Waals surface area contributed by atoms with Gasteiger partial charge in [-0.25, -0.2) is 9.97 Å². The van der Waals surface area contributed by atoms with E-state index in [2.05, 4.69) is 34.1 Å². The zero-order chi connectivity index (χ0) is 14.5. The van der Waals surface area contributed by atoms with E-state index in [1.54, 1.807) is 12.4 Å². The first-order chi connectivity index (χ1) is 9.63. The number of hydrogen-bond acceptors (Lipinski definition) is 5. The maximum absolute atomic E-state index is 5.48. The highest BCUT2D eigenvalue weighted by Gasteiger charge is 2.10. The fourth-order valence-corrected chi connectivity index (χ4v) is 1.80. The summed E-state index contributed by atoms with van der Waals surface area (Å²) in [6.07, 6.45) is 3.49. The van der Waals surface area contributed by atoms with Crippen molar-refractivity contribution < 1.29 is 4.74 Å². The highest BCUT2D eigenvalue weighted by Crippen LogP contribution is 2.24. The van der Waals surface area contributed by atoms with Crippen molar-refractivity contribution in [3.8, 4) is 17.0 Å². The highest BCUT2D eigenvalue weighted by molar-refractivity contribution is 5.63. The third-order valence-corrected chi connectivity index (χ3v) is 2.84. The fourth-order valence-electron chi connectivity index (χ4n) is 1.80. The van der Waals surface area contributed by atoms with Crippen molar-refractivity contribution in [2.75, 3.05) is 19.0 Å². The van der Waals surface area contributed by atoms with E-state index in [0.29, 0.717) is 6.61 Å². The monoisotopic (exact) mass is 272 g/mol. The molecule has 0 aromatic carbocycles. The van der Waals surface area contributed by atoms with Crippen molar-refractivity contribution in [2.24, 2.45) is 0 Å². The van der Waals surface area contributed by atoms with Gasteiger partial charge in [0.1, 0.15) is 17.4 Å². The van der Waals surface area contributed by atoms with Gasteiger partial charge in [-0.15, -0.1) is 0 Å². The lowest BCUT2D eigenvalue weighted by Crippen LogP contribution is -2.03. The van der Waals surface area contributed by atoms with Crippen LogP contribution in [0.5, 0.6) is 5.75 Å². The number of pyridine rings is 1. The normalized spacial score (nSPS) is 10.7. The van der Waals surface area contributed by atoms with E-state index < -0.39 is 0 Å². The Bertz CT molecular complexity index is 584. The predicted molar refractivity (Wildman–Crippen MR) is 80.1 cm³/mol. The Morgan fingerprint density at radius 1 is 1.20 bits per heavy atom. The molecule has 0 bridgehead atoms. The smallest absolute Gasteiger partial charge is 0.138 e. The summed E-state index contributed by atoms with van der Waals surface area (Å²) >= 11 is 0. The van der Waals surface area contributed by atoms with Gasteiger partial charge >= 0.3 is 0 Å². The van der Waals surface area contributed by atoms with E-state index in [1.807, 2.05) is 26.1 Å². The predicted octanol–water partition coefficient (Wildman–Crippen LogP) is 3.10. The molecule has 0 aliphatic rings. The van der Waals surface area contributed by atoms with E-state index in [-0.39, 0.29) is 5.92 Å². The summed E-state index contributed by atoms with van der Waals surface area (Å²) < 4.78 is 5.48. The molecule has 5 heteroatoms. The van der Waals surface area contributed by atoms with Crippen LogP contribution in [0.4, 0.5) is 5.82 Å². The van der Waals surface area contributed by atoms with Crippen LogP contribution in [0.25, 0.3) is 11.3 Å². The van der Waals surface area contributed by atoms with Gasteiger partial charge in [0, 0.05) is 30.8 Å². The van der Waals surface area contributed by atoms with Gasteiger partial charge in [-0.1, -0.05) is 13.8 Å². The molecule has 106 valence electrons. The molecule has 0 atom stereocenters. The number of rotatable bonds is 5. The number of nitrogens with zero attached hydrogens (tertiary/aromatic N) is 3. The van der Waals surface area contributed by atoms with Crippen molar-refractivity contribution in [2.45, 2.75) is 26.7 Å². The zero-order valence-electron chi connectivity index (χ0n) is 12.3. The first kappa shape index (κ1) is 14.2. The van der Waals surface area contributed by atoms with Gasteiger partial charge in [0.05, 0.1) is 18.5 Å². The molecular weight excluding hydrogens is 252 g/mol. The molecule has 0 radical (unpaired) electrons. The van der Waals surface area contributed by atoms with Crippen LogP contribution in [0.1, 0.15) is 32.5 Å². The van der Waals surface area contributed by atoms with Gasteiger partial charge in [0.15, 0.2) is 0 Å². The average Bonchev–Trinajstić information content (AvgIpc) is 2.47. The summed E-state index contributed by atoms with van der Waals surface area (Å²) in [6.45, 7) is 6.72. The van der Waals surface area contributed by atoms with Crippen LogP contribution in [0, 0.1) is 0 Å². The van der Waals surface area contributed by atoms with Gasteiger partial charge in [-0.2, -0.15) is 0 Å². The standard InChI is InChI=1S/C15H20N4O/c1-5-20-12-6-11(8-17-9-12)13-7-14(16-4)19-15(18-13)10(2)3/h6-10H,5H2,1-4H3,(H,16,18,19). The van der Waals surface area contributed by atoms with Crippen molar-refractivity contribution in [3.63, 3.8) is 0 Å². The van der Waals surface area contributed by atoms with E-state index in [1.165, 1.54) is 0 Å². The summed E-state index contributed by atoms with van der Waals surface area (Å²) in [5, 5.41) is 3.07.